The van der Waals surface area contributed by atoms with E-state index in [0.29, 0.717) is 17.9 Å². The summed E-state index contributed by atoms with van der Waals surface area (Å²) in [5.41, 5.74) is 1.40. The standard InChI is InChI=1S/C10H14N6O3/c1-15-4-7(11-13-15)5-16-8(6-18-2)9(12-14-16)10(17)19-3/h4H,5-6H2,1-3H3. The molecule has 0 aliphatic rings. The minimum Gasteiger partial charge on any atom is -0.464 e. The van der Waals surface area contributed by atoms with Gasteiger partial charge in [0.05, 0.1) is 26.0 Å². The van der Waals surface area contributed by atoms with E-state index >= 15 is 0 Å². The number of methoxy groups -OCH3 is 2. The molecule has 0 saturated heterocycles. The Morgan fingerprint density at radius 1 is 1.32 bits per heavy atom. The predicted molar refractivity (Wildman–Crippen MR) is 62.2 cm³/mol. The molecule has 0 aliphatic heterocycles. The molecule has 0 spiro atoms. The number of carbonyl (C=O) groups excluding carboxylic acids is 1. The van der Waals surface area contributed by atoms with E-state index in [1.807, 2.05) is 0 Å². The van der Waals surface area contributed by atoms with Crippen molar-refractivity contribution in [1.82, 2.24) is 30.0 Å². The van der Waals surface area contributed by atoms with Gasteiger partial charge in [-0.2, -0.15) is 0 Å². The smallest absolute Gasteiger partial charge is 0.360 e. The molecule has 0 atom stereocenters. The molecule has 0 aliphatic carbocycles. The number of nitrogens with zero attached hydrogens (tertiary/aromatic N) is 6. The van der Waals surface area contributed by atoms with Crippen LogP contribution >= 0.6 is 0 Å². The Morgan fingerprint density at radius 2 is 2.11 bits per heavy atom. The van der Waals surface area contributed by atoms with Crippen LogP contribution in [0.2, 0.25) is 0 Å². The van der Waals surface area contributed by atoms with E-state index < -0.39 is 5.97 Å². The second-order valence-corrected chi connectivity index (χ2v) is 3.85. The molecule has 2 heterocycles. The van der Waals surface area contributed by atoms with Gasteiger partial charge in [0, 0.05) is 20.4 Å². The lowest BCUT2D eigenvalue weighted by atomic mass is 10.3. The number of esters is 1. The number of aryl methyl sites for hydroxylation is 1. The molecule has 2 rings (SSSR count). The van der Waals surface area contributed by atoms with Crippen LogP contribution in [0.3, 0.4) is 0 Å². The third-order valence-electron chi connectivity index (χ3n) is 2.46. The minimum atomic E-state index is -0.544. The van der Waals surface area contributed by atoms with Crippen LogP contribution in [0, 0.1) is 0 Å². The van der Waals surface area contributed by atoms with Crippen LogP contribution in [0.25, 0.3) is 0 Å². The SMILES string of the molecule is COCc1c(C(=O)OC)nnn1Cc1cn(C)nn1. The molecule has 2 aromatic rings. The summed E-state index contributed by atoms with van der Waals surface area (Å²) in [5.74, 6) is -0.544. The van der Waals surface area contributed by atoms with Crippen molar-refractivity contribution < 1.29 is 14.3 Å². The Hall–Kier alpha value is -2.29. The van der Waals surface area contributed by atoms with Gasteiger partial charge in [-0.05, 0) is 0 Å². The van der Waals surface area contributed by atoms with Crippen molar-refractivity contribution in [2.45, 2.75) is 13.2 Å². The molecule has 9 heteroatoms. The van der Waals surface area contributed by atoms with Crippen LogP contribution in [0.15, 0.2) is 6.20 Å². The molecule has 9 nitrogen and oxygen atoms in total. The molecule has 0 saturated carbocycles. The van der Waals surface area contributed by atoms with Gasteiger partial charge in [-0.1, -0.05) is 10.4 Å². The Kier molecular flexibility index (Phi) is 3.85. The first-order valence-corrected chi connectivity index (χ1v) is 5.50. The quantitative estimate of drug-likeness (QED) is 0.666. The highest BCUT2D eigenvalue weighted by Gasteiger charge is 2.20. The summed E-state index contributed by atoms with van der Waals surface area (Å²) in [6.07, 6.45) is 1.76. The summed E-state index contributed by atoms with van der Waals surface area (Å²) >= 11 is 0. The van der Waals surface area contributed by atoms with Gasteiger partial charge in [0.1, 0.15) is 5.69 Å². The van der Waals surface area contributed by atoms with Gasteiger partial charge < -0.3 is 9.47 Å². The summed E-state index contributed by atoms with van der Waals surface area (Å²) in [6, 6.07) is 0. The predicted octanol–water partition coefficient (Wildman–Crippen LogP) is -0.612. The first-order chi connectivity index (χ1) is 9.15. The molecule has 0 unspecified atom stereocenters. The Labute approximate surface area is 109 Å². The van der Waals surface area contributed by atoms with E-state index in [-0.39, 0.29) is 12.3 Å². The summed E-state index contributed by atoms with van der Waals surface area (Å²) in [4.78, 5) is 11.6. The van der Waals surface area contributed by atoms with Gasteiger partial charge in [-0.15, -0.1) is 10.2 Å². The first kappa shape index (κ1) is 13.1. The molecule has 0 bridgehead atoms. The lowest BCUT2D eigenvalue weighted by molar-refractivity contribution is 0.0588. The fourth-order valence-corrected chi connectivity index (χ4v) is 1.62. The average Bonchev–Trinajstić information content (AvgIpc) is 2.97. The number of rotatable bonds is 5. The van der Waals surface area contributed by atoms with Crippen molar-refractivity contribution in [3.05, 3.63) is 23.3 Å². The average molecular weight is 266 g/mol. The van der Waals surface area contributed by atoms with Crippen LogP contribution in [-0.2, 0) is 29.7 Å². The maximum Gasteiger partial charge on any atom is 0.360 e. The fourth-order valence-electron chi connectivity index (χ4n) is 1.62. The van der Waals surface area contributed by atoms with Gasteiger partial charge in [-0.25, -0.2) is 9.48 Å². The second kappa shape index (κ2) is 5.57. The van der Waals surface area contributed by atoms with Crippen LogP contribution < -0.4 is 0 Å². The largest absolute Gasteiger partial charge is 0.464 e. The molecule has 19 heavy (non-hydrogen) atoms. The summed E-state index contributed by atoms with van der Waals surface area (Å²) in [5, 5.41) is 15.5. The number of aromatic nitrogens is 6. The summed E-state index contributed by atoms with van der Waals surface area (Å²) in [7, 11) is 4.59. The maximum absolute atomic E-state index is 11.6. The van der Waals surface area contributed by atoms with E-state index in [0.717, 1.165) is 0 Å². The zero-order chi connectivity index (χ0) is 13.8. The lowest BCUT2D eigenvalue weighted by Crippen LogP contribution is -2.11. The molecule has 2 aromatic heterocycles. The van der Waals surface area contributed by atoms with Crippen LogP contribution in [0.1, 0.15) is 21.9 Å². The number of hydrogen-bond acceptors (Lipinski definition) is 7. The second-order valence-electron chi connectivity index (χ2n) is 3.85. The summed E-state index contributed by atoms with van der Waals surface area (Å²) < 4.78 is 12.8. The van der Waals surface area contributed by atoms with Crippen LogP contribution in [0.4, 0.5) is 0 Å². The van der Waals surface area contributed by atoms with Crippen molar-refractivity contribution in [1.29, 1.82) is 0 Å². The van der Waals surface area contributed by atoms with Crippen molar-refractivity contribution in [3.63, 3.8) is 0 Å². The van der Waals surface area contributed by atoms with Crippen molar-refractivity contribution in [3.8, 4) is 0 Å². The zero-order valence-corrected chi connectivity index (χ0v) is 10.9. The Balaban J connectivity index is 2.29. The zero-order valence-electron chi connectivity index (χ0n) is 10.9. The first-order valence-electron chi connectivity index (χ1n) is 5.50. The molecule has 0 radical (unpaired) electrons. The Bertz CT molecular complexity index is 576. The number of carbonyl (C=O) groups is 1. The monoisotopic (exact) mass is 266 g/mol. The highest BCUT2D eigenvalue weighted by molar-refractivity contribution is 5.88. The van der Waals surface area contributed by atoms with Gasteiger partial charge in [-0.3, -0.25) is 4.68 Å². The van der Waals surface area contributed by atoms with Crippen molar-refractivity contribution in [2.24, 2.45) is 7.05 Å². The van der Waals surface area contributed by atoms with Gasteiger partial charge >= 0.3 is 5.97 Å². The van der Waals surface area contributed by atoms with Gasteiger partial charge in [0.25, 0.3) is 0 Å². The number of ether oxygens (including phenoxy) is 2. The lowest BCUT2D eigenvalue weighted by Gasteiger charge is -2.04. The van der Waals surface area contributed by atoms with E-state index in [2.05, 4.69) is 25.4 Å². The fraction of sp³-hybridized carbons (Fsp3) is 0.500. The minimum absolute atomic E-state index is 0.147. The highest BCUT2D eigenvalue weighted by Crippen LogP contribution is 2.10. The molecule has 0 N–H and O–H groups in total. The molecule has 0 fully saturated rings. The van der Waals surface area contributed by atoms with E-state index in [4.69, 9.17) is 4.74 Å². The number of hydrogen-bond donors (Lipinski definition) is 0. The molecule has 102 valence electrons. The van der Waals surface area contributed by atoms with Gasteiger partial charge in [0.15, 0.2) is 5.69 Å². The van der Waals surface area contributed by atoms with E-state index in [1.54, 1.807) is 22.6 Å². The molecular formula is C10H14N6O3. The summed E-state index contributed by atoms with van der Waals surface area (Å²) in [6.45, 7) is 0.564. The highest BCUT2D eigenvalue weighted by atomic mass is 16.5. The van der Waals surface area contributed by atoms with Crippen molar-refractivity contribution >= 4 is 5.97 Å². The van der Waals surface area contributed by atoms with Gasteiger partial charge in [0.2, 0.25) is 0 Å². The topological polar surface area (TPSA) is 97.0 Å². The molecule has 0 amide bonds. The third-order valence-corrected chi connectivity index (χ3v) is 2.46. The maximum atomic E-state index is 11.6. The van der Waals surface area contributed by atoms with Crippen LogP contribution in [-0.4, -0.2) is 50.2 Å². The third kappa shape index (κ3) is 2.76. The van der Waals surface area contributed by atoms with E-state index in [9.17, 15) is 4.79 Å². The molecule has 0 aromatic carbocycles. The Morgan fingerprint density at radius 3 is 2.68 bits per heavy atom. The molecular weight excluding hydrogens is 252 g/mol. The van der Waals surface area contributed by atoms with Crippen LogP contribution in [0.5, 0.6) is 0 Å². The van der Waals surface area contributed by atoms with E-state index in [1.165, 1.54) is 14.2 Å². The van der Waals surface area contributed by atoms with Crippen molar-refractivity contribution in [2.75, 3.05) is 14.2 Å². The normalized spacial score (nSPS) is 10.7.